The van der Waals surface area contributed by atoms with Crippen LogP contribution in [-0.2, 0) is 13.1 Å². The molecule has 0 fully saturated rings. The molecule has 0 saturated heterocycles. The molecule has 0 aliphatic rings. The van der Waals surface area contributed by atoms with E-state index in [2.05, 4.69) is 27.1 Å². The summed E-state index contributed by atoms with van der Waals surface area (Å²) in [6.45, 7) is 0.649. The van der Waals surface area contributed by atoms with E-state index in [0.29, 0.717) is 17.7 Å². The van der Waals surface area contributed by atoms with Crippen LogP contribution in [0.2, 0.25) is 0 Å². The van der Waals surface area contributed by atoms with E-state index in [9.17, 15) is 5.11 Å². The lowest BCUT2D eigenvalue weighted by Gasteiger charge is -2.18. The Kier molecular flexibility index (Phi) is 4.50. The Labute approximate surface area is 133 Å². The van der Waals surface area contributed by atoms with Gasteiger partial charge in [0.25, 0.3) is 0 Å². The van der Waals surface area contributed by atoms with Gasteiger partial charge in [-0.05, 0) is 5.56 Å². The molecule has 0 amide bonds. The van der Waals surface area contributed by atoms with Gasteiger partial charge < -0.3 is 19.7 Å². The standard InChI is InChI=1S/C16H19N5O2/c1-20(7-12-5-3-2-4-6-12)15-14-16(18-10-17-15)21(11-19-14)8-13(23)9-22/h2-6,10-11,13,22-23H,7-9H2,1H3/t13-/m1/s1. The number of aliphatic hydroxyl groups excluding tert-OH is 2. The summed E-state index contributed by atoms with van der Waals surface area (Å²) in [5.41, 5.74) is 2.50. The topological polar surface area (TPSA) is 87.3 Å². The van der Waals surface area contributed by atoms with E-state index in [1.807, 2.05) is 30.1 Å². The van der Waals surface area contributed by atoms with Crippen LogP contribution in [0.1, 0.15) is 5.56 Å². The molecule has 0 bridgehead atoms. The Morgan fingerprint density at radius 1 is 1.17 bits per heavy atom. The third kappa shape index (κ3) is 3.30. The normalized spacial score (nSPS) is 12.5. The van der Waals surface area contributed by atoms with Crippen molar-refractivity contribution in [3.63, 3.8) is 0 Å². The van der Waals surface area contributed by atoms with Crippen molar-refractivity contribution in [3.8, 4) is 0 Å². The van der Waals surface area contributed by atoms with Gasteiger partial charge in [-0.15, -0.1) is 0 Å². The van der Waals surface area contributed by atoms with Crippen LogP contribution >= 0.6 is 0 Å². The zero-order chi connectivity index (χ0) is 16.2. The summed E-state index contributed by atoms with van der Waals surface area (Å²) in [5, 5.41) is 18.6. The summed E-state index contributed by atoms with van der Waals surface area (Å²) in [4.78, 5) is 15.0. The Morgan fingerprint density at radius 3 is 2.70 bits per heavy atom. The number of hydrogen-bond donors (Lipinski definition) is 2. The summed E-state index contributed by atoms with van der Waals surface area (Å²) in [7, 11) is 1.95. The second-order valence-corrected chi connectivity index (χ2v) is 5.44. The smallest absolute Gasteiger partial charge is 0.165 e. The highest BCUT2D eigenvalue weighted by molar-refractivity contribution is 5.83. The first kappa shape index (κ1) is 15.4. The number of nitrogens with zero attached hydrogens (tertiary/aromatic N) is 5. The van der Waals surface area contributed by atoms with E-state index in [0.717, 1.165) is 5.82 Å². The summed E-state index contributed by atoms with van der Waals surface area (Å²) in [5.74, 6) is 0.732. The predicted molar refractivity (Wildman–Crippen MR) is 87.0 cm³/mol. The molecule has 0 aliphatic carbocycles. The van der Waals surface area contributed by atoms with Crippen LogP contribution in [0, 0.1) is 0 Å². The van der Waals surface area contributed by atoms with Crippen molar-refractivity contribution in [2.75, 3.05) is 18.6 Å². The fraction of sp³-hybridized carbons (Fsp3) is 0.312. The number of aromatic nitrogens is 4. The molecule has 0 unspecified atom stereocenters. The average molecular weight is 313 g/mol. The summed E-state index contributed by atoms with van der Waals surface area (Å²) in [6.07, 6.45) is 2.26. The predicted octanol–water partition coefficient (Wildman–Crippen LogP) is 0.816. The van der Waals surface area contributed by atoms with Crippen LogP contribution in [0.5, 0.6) is 0 Å². The number of fused-ring (bicyclic) bond motifs is 1. The fourth-order valence-corrected chi connectivity index (χ4v) is 2.50. The van der Waals surface area contributed by atoms with Crippen molar-refractivity contribution in [1.82, 2.24) is 19.5 Å². The number of aliphatic hydroxyl groups is 2. The van der Waals surface area contributed by atoms with Crippen LogP contribution in [0.3, 0.4) is 0 Å². The maximum absolute atomic E-state index is 9.61. The lowest BCUT2D eigenvalue weighted by atomic mass is 10.2. The molecular weight excluding hydrogens is 294 g/mol. The van der Waals surface area contributed by atoms with E-state index in [-0.39, 0.29) is 13.2 Å². The zero-order valence-corrected chi connectivity index (χ0v) is 12.9. The number of anilines is 1. The molecule has 0 spiro atoms. The third-order valence-corrected chi connectivity index (χ3v) is 3.62. The lowest BCUT2D eigenvalue weighted by Crippen LogP contribution is -2.20. The second kappa shape index (κ2) is 6.72. The second-order valence-electron chi connectivity index (χ2n) is 5.44. The molecule has 120 valence electrons. The van der Waals surface area contributed by atoms with Gasteiger partial charge in [-0.1, -0.05) is 30.3 Å². The van der Waals surface area contributed by atoms with Crippen molar-refractivity contribution in [2.45, 2.75) is 19.2 Å². The minimum Gasteiger partial charge on any atom is -0.394 e. The highest BCUT2D eigenvalue weighted by Crippen LogP contribution is 2.22. The molecule has 7 nitrogen and oxygen atoms in total. The first-order chi connectivity index (χ1) is 11.2. The molecule has 2 heterocycles. The number of hydrogen-bond acceptors (Lipinski definition) is 6. The summed E-state index contributed by atoms with van der Waals surface area (Å²) >= 11 is 0. The monoisotopic (exact) mass is 313 g/mol. The van der Waals surface area contributed by atoms with E-state index in [4.69, 9.17) is 5.11 Å². The summed E-state index contributed by atoms with van der Waals surface area (Å²) < 4.78 is 1.72. The molecule has 0 saturated carbocycles. The fourth-order valence-electron chi connectivity index (χ4n) is 2.50. The largest absolute Gasteiger partial charge is 0.394 e. The molecule has 7 heteroatoms. The molecular formula is C16H19N5O2. The van der Waals surface area contributed by atoms with E-state index in [1.165, 1.54) is 11.9 Å². The van der Waals surface area contributed by atoms with Gasteiger partial charge in [-0.25, -0.2) is 15.0 Å². The molecule has 3 aromatic rings. The number of rotatable bonds is 6. The van der Waals surface area contributed by atoms with Gasteiger partial charge in [-0.3, -0.25) is 0 Å². The maximum Gasteiger partial charge on any atom is 0.165 e. The molecule has 1 aromatic carbocycles. The van der Waals surface area contributed by atoms with Gasteiger partial charge in [0.1, 0.15) is 6.33 Å². The Morgan fingerprint density at radius 2 is 1.96 bits per heavy atom. The Hall–Kier alpha value is -2.51. The lowest BCUT2D eigenvalue weighted by molar-refractivity contribution is 0.0820. The van der Waals surface area contributed by atoms with Crippen molar-refractivity contribution >= 4 is 17.0 Å². The van der Waals surface area contributed by atoms with Crippen LogP contribution in [-0.4, -0.2) is 49.5 Å². The minimum absolute atomic E-state index is 0.242. The van der Waals surface area contributed by atoms with Crippen molar-refractivity contribution < 1.29 is 10.2 Å². The van der Waals surface area contributed by atoms with Crippen LogP contribution in [0.4, 0.5) is 5.82 Å². The average Bonchev–Trinajstić information content (AvgIpc) is 2.98. The van der Waals surface area contributed by atoms with Gasteiger partial charge in [0.15, 0.2) is 17.0 Å². The van der Waals surface area contributed by atoms with Crippen LogP contribution < -0.4 is 4.90 Å². The highest BCUT2D eigenvalue weighted by Gasteiger charge is 2.15. The molecule has 2 N–H and O–H groups in total. The molecule has 2 aromatic heterocycles. The van der Waals surface area contributed by atoms with Crippen molar-refractivity contribution in [1.29, 1.82) is 0 Å². The van der Waals surface area contributed by atoms with Crippen LogP contribution in [0.15, 0.2) is 43.0 Å². The Balaban J connectivity index is 1.89. The quantitative estimate of drug-likeness (QED) is 0.700. The van der Waals surface area contributed by atoms with Crippen molar-refractivity contribution in [3.05, 3.63) is 48.5 Å². The van der Waals surface area contributed by atoms with Crippen LogP contribution in [0.25, 0.3) is 11.2 Å². The first-order valence-corrected chi connectivity index (χ1v) is 7.39. The Bertz CT molecular complexity index is 774. The molecule has 3 rings (SSSR count). The van der Waals surface area contributed by atoms with Gasteiger partial charge >= 0.3 is 0 Å². The maximum atomic E-state index is 9.61. The number of benzene rings is 1. The van der Waals surface area contributed by atoms with E-state index in [1.54, 1.807) is 10.9 Å². The highest BCUT2D eigenvalue weighted by atomic mass is 16.3. The van der Waals surface area contributed by atoms with Gasteiger partial charge in [0.2, 0.25) is 0 Å². The van der Waals surface area contributed by atoms with Crippen molar-refractivity contribution in [2.24, 2.45) is 0 Å². The molecule has 23 heavy (non-hydrogen) atoms. The van der Waals surface area contributed by atoms with Gasteiger partial charge in [0.05, 0.1) is 25.6 Å². The van der Waals surface area contributed by atoms with E-state index >= 15 is 0 Å². The van der Waals surface area contributed by atoms with Gasteiger partial charge in [-0.2, -0.15) is 0 Å². The number of imidazole rings is 1. The molecule has 1 atom stereocenters. The van der Waals surface area contributed by atoms with E-state index < -0.39 is 6.10 Å². The molecule has 0 radical (unpaired) electrons. The van der Waals surface area contributed by atoms with Gasteiger partial charge in [0, 0.05) is 13.6 Å². The summed E-state index contributed by atoms with van der Waals surface area (Å²) in [6, 6.07) is 10.1. The first-order valence-electron chi connectivity index (χ1n) is 7.39. The third-order valence-electron chi connectivity index (χ3n) is 3.62. The zero-order valence-electron chi connectivity index (χ0n) is 12.9. The SMILES string of the molecule is CN(Cc1ccccc1)c1ncnc2c1ncn2C[C@@H](O)CO. The molecule has 0 aliphatic heterocycles. The minimum atomic E-state index is -0.840.